The number of amides is 1. The predicted octanol–water partition coefficient (Wildman–Crippen LogP) is 3.30. The van der Waals surface area contributed by atoms with Crippen LogP contribution in [0.4, 0.5) is 0 Å². The number of carboxylic acid groups (broad SMARTS) is 1. The van der Waals surface area contributed by atoms with Crippen molar-refractivity contribution in [2.45, 2.75) is 63.3 Å². The van der Waals surface area contributed by atoms with Gasteiger partial charge in [0.25, 0.3) is 0 Å². The van der Waals surface area contributed by atoms with Gasteiger partial charge in [0, 0.05) is 18.4 Å². The standard InChI is InChI=1S/C18H25NO3/c20-16(10-4-5-11-17(21)22)19-18(12-6-7-13-18)14-15-8-2-1-3-9-15/h1-3,8-9H,4-7,10-14H2,(H,19,20)(H,21,22). The molecule has 1 aromatic carbocycles. The summed E-state index contributed by atoms with van der Waals surface area (Å²) in [5, 5.41) is 11.9. The van der Waals surface area contributed by atoms with Crippen molar-refractivity contribution in [3.05, 3.63) is 35.9 Å². The second-order valence-electron chi connectivity index (χ2n) is 6.30. The second kappa shape index (κ2) is 7.97. The maximum atomic E-state index is 12.2. The van der Waals surface area contributed by atoms with Gasteiger partial charge in [0.2, 0.25) is 5.91 Å². The Balaban J connectivity index is 1.85. The molecule has 1 aromatic rings. The molecule has 0 radical (unpaired) electrons. The van der Waals surface area contributed by atoms with Gasteiger partial charge in [-0.1, -0.05) is 43.2 Å². The number of benzene rings is 1. The Bertz CT molecular complexity index is 492. The summed E-state index contributed by atoms with van der Waals surface area (Å²) in [6.45, 7) is 0. The van der Waals surface area contributed by atoms with Crippen LogP contribution in [0.25, 0.3) is 0 Å². The molecule has 0 saturated heterocycles. The van der Waals surface area contributed by atoms with Crippen molar-refractivity contribution < 1.29 is 14.7 Å². The third kappa shape index (κ3) is 5.17. The van der Waals surface area contributed by atoms with Gasteiger partial charge in [-0.2, -0.15) is 0 Å². The van der Waals surface area contributed by atoms with Gasteiger partial charge in [0.05, 0.1) is 0 Å². The Morgan fingerprint density at radius 1 is 1.05 bits per heavy atom. The van der Waals surface area contributed by atoms with E-state index in [1.54, 1.807) is 0 Å². The number of hydrogen-bond donors (Lipinski definition) is 2. The number of aliphatic carboxylic acids is 1. The van der Waals surface area contributed by atoms with Crippen LogP contribution in [0, 0.1) is 0 Å². The summed E-state index contributed by atoms with van der Waals surface area (Å²) < 4.78 is 0. The van der Waals surface area contributed by atoms with Crippen LogP contribution in [-0.2, 0) is 16.0 Å². The van der Waals surface area contributed by atoms with Crippen LogP contribution >= 0.6 is 0 Å². The zero-order chi connectivity index (χ0) is 15.8. The van der Waals surface area contributed by atoms with Gasteiger partial charge < -0.3 is 10.4 Å². The average Bonchev–Trinajstić information content (AvgIpc) is 2.92. The van der Waals surface area contributed by atoms with E-state index in [4.69, 9.17) is 5.11 Å². The Morgan fingerprint density at radius 3 is 2.32 bits per heavy atom. The molecule has 0 aliphatic heterocycles. The summed E-state index contributed by atoms with van der Waals surface area (Å²) in [5.74, 6) is -0.736. The molecule has 1 aliphatic carbocycles. The van der Waals surface area contributed by atoms with E-state index >= 15 is 0 Å². The zero-order valence-corrected chi connectivity index (χ0v) is 13.0. The first-order chi connectivity index (χ1) is 10.6. The quantitative estimate of drug-likeness (QED) is 0.724. The van der Waals surface area contributed by atoms with E-state index in [0.29, 0.717) is 19.3 Å². The van der Waals surface area contributed by atoms with Crippen LogP contribution in [0.5, 0.6) is 0 Å². The summed E-state index contributed by atoms with van der Waals surface area (Å²) in [6, 6.07) is 10.3. The summed E-state index contributed by atoms with van der Waals surface area (Å²) in [4.78, 5) is 22.7. The van der Waals surface area contributed by atoms with Crippen LogP contribution in [0.3, 0.4) is 0 Å². The van der Waals surface area contributed by atoms with Gasteiger partial charge in [-0.15, -0.1) is 0 Å². The Labute approximate surface area is 131 Å². The first kappa shape index (κ1) is 16.5. The SMILES string of the molecule is O=C(O)CCCCC(=O)NC1(Cc2ccccc2)CCCC1. The maximum absolute atomic E-state index is 12.2. The van der Waals surface area contributed by atoms with Crippen molar-refractivity contribution in [3.63, 3.8) is 0 Å². The fraction of sp³-hybridized carbons (Fsp3) is 0.556. The van der Waals surface area contributed by atoms with E-state index < -0.39 is 5.97 Å². The van der Waals surface area contributed by atoms with Crippen molar-refractivity contribution in [2.75, 3.05) is 0 Å². The smallest absolute Gasteiger partial charge is 0.303 e. The van der Waals surface area contributed by atoms with Crippen LogP contribution < -0.4 is 5.32 Å². The molecule has 22 heavy (non-hydrogen) atoms. The third-order valence-electron chi connectivity index (χ3n) is 4.40. The zero-order valence-electron chi connectivity index (χ0n) is 13.0. The summed E-state index contributed by atoms with van der Waals surface area (Å²) >= 11 is 0. The van der Waals surface area contributed by atoms with Gasteiger partial charge in [-0.25, -0.2) is 0 Å². The van der Waals surface area contributed by atoms with Crippen molar-refractivity contribution in [3.8, 4) is 0 Å². The van der Waals surface area contributed by atoms with Crippen LogP contribution in [0.1, 0.15) is 56.9 Å². The highest BCUT2D eigenvalue weighted by atomic mass is 16.4. The van der Waals surface area contributed by atoms with Gasteiger partial charge in [-0.05, 0) is 37.7 Å². The van der Waals surface area contributed by atoms with Gasteiger partial charge in [-0.3, -0.25) is 9.59 Å². The number of carboxylic acids is 1. The van der Waals surface area contributed by atoms with E-state index in [0.717, 1.165) is 32.1 Å². The Hall–Kier alpha value is -1.84. The first-order valence-electron chi connectivity index (χ1n) is 8.16. The molecule has 0 heterocycles. The number of hydrogen-bond acceptors (Lipinski definition) is 2. The largest absolute Gasteiger partial charge is 0.481 e. The molecule has 2 N–H and O–H groups in total. The van der Waals surface area contributed by atoms with E-state index in [9.17, 15) is 9.59 Å². The minimum atomic E-state index is -0.795. The lowest BCUT2D eigenvalue weighted by molar-refractivity contribution is -0.137. The van der Waals surface area contributed by atoms with E-state index in [1.165, 1.54) is 5.56 Å². The molecular formula is C18H25NO3. The number of carbonyl (C=O) groups excluding carboxylic acids is 1. The number of rotatable bonds is 8. The third-order valence-corrected chi connectivity index (χ3v) is 4.40. The summed E-state index contributed by atoms with van der Waals surface area (Å²) in [5.41, 5.74) is 1.15. The van der Waals surface area contributed by atoms with Crippen molar-refractivity contribution in [2.24, 2.45) is 0 Å². The number of nitrogens with one attached hydrogen (secondary N) is 1. The van der Waals surface area contributed by atoms with Crippen LogP contribution in [0.2, 0.25) is 0 Å². The lowest BCUT2D eigenvalue weighted by atomic mass is 9.88. The highest BCUT2D eigenvalue weighted by Gasteiger charge is 2.35. The topological polar surface area (TPSA) is 66.4 Å². The van der Waals surface area contributed by atoms with E-state index in [-0.39, 0.29) is 17.9 Å². The molecule has 1 aliphatic rings. The van der Waals surface area contributed by atoms with Crippen LogP contribution in [0.15, 0.2) is 30.3 Å². The number of carbonyl (C=O) groups is 2. The summed E-state index contributed by atoms with van der Waals surface area (Å²) in [7, 11) is 0. The molecule has 1 amide bonds. The molecule has 0 atom stereocenters. The Morgan fingerprint density at radius 2 is 1.68 bits per heavy atom. The molecule has 4 nitrogen and oxygen atoms in total. The molecule has 0 spiro atoms. The molecule has 2 rings (SSSR count). The average molecular weight is 303 g/mol. The van der Waals surface area contributed by atoms with Crippen LogP contribution in [-0.4, -0.2) is 22.5 Å². The first-order valence-corrected chi connectivity index (χ1v) is 8.16. The predicted molar refractivity (Wildman–Crippen MR) is 85.6 cm³/mol. The molecule has 1 saturated carbocycles. The lowest BCUT2D eigenvalue weighted by Crippen LogP contribution is -2.48. The molecular weight excluding hydrogens is 278 g/mol. The second-order valence-corrected chi connectivity index (χ2v) is 6.30. The number of unbranched alkanes of at least 4 members (excludes halogenated alkanes) is 1. The normalized spacial score (nSPS) is 16.4. The fourth-order valence-corrected chi connectivity index (χ4v) is 3.30. The highest BCUT2D eigenvalue weighted by Crippen LogP contribution is 2.33. The van der Waals surface area contributed by atoms with Gasteiger partial charge in [0.1, 0.15) is 0 Å². The van der Waals surface area contributed by atoms with Gasteiger partial charge in [0.15, 0.2) is 0 Å². The van der Waals surface area contributed by atoms with E-state index in [1.807, 2.05) is 18.2 Å². The van der Waals surface area contributed by atoms with Crippen molar-refractivity contribution >= 4 is 11.9 Å². The molecule has 1 fully saturated rings. The molecule has 0 bridgehead atoms. The van der Waals surface area contributed by atoms with Gasteiger partial charge >= 0.3 is 5.97 Å². The minimum Gasteiger partial charge on any atom is -0.481 e. The molecule has 120 valence electrons. The molecule has 4 heteroatoms. The molecule has 0 aromatic heterocycles. The maximum Gasteiger partial charge on any atom is 0.303 e. The highest BCUT2D eigenvalue weighted by molar-refractivity contribution is 5.77. The Kier molecular flexibility index (Phi) is 5.99. The van der Waals surface area contributed by atoms with Crippen molar-refractivity contribution in [1.29, 1.82) is 0 Å². The van der Waals surface area contributed by atoms with E-state index in [2.05, 4.69) is 17.4 Å². The minimum absolute atomic E-state index is 0.0585. The van der Waals surface area contributed by atoms with Crippen molar-refractivity contribution in [1.82, 2.24) is 5.32 Å². The lowest BCUT2D eigenvalue weighted by Gasteiger charge is -2.31. The summed E-state index contributed by atoms with van der Waals surface area (Å²) in [6.07, 6.45) is 7.03. The monoisotopic (exact) mass is 303 g/mol. The fourth-order valence-electron chi connectivity index (χ4n) is 3.30. The molecule has 0 unspecified atom stereocenters.